The van der Waals surface area contributed by atoms with Gasteiger partial charge in [0.15, 0.2) is 5.58 Å². The van der Waals surface area contributed by atoms with Gasteiger partial charge in [-0.1, -0.05) is 35.0 Å². The van der Waals surface area contributed by atoms with Crippen LogP contribution in [0.2, 0.25) is 5.02 Å². The summed E-state index contributed by atoms with van der Waals surface area (Å²) in [5.74, 6) is 0. The Morgan fingerprint density at radius 3 is 2.90 bits per heavy atom. The van der Waals surface area contributed by atoms with E-state index in [-0.39, 0.29) is 12.6 Å². The maximum Gasteiger partial charge on any atom is 0.319 e. The first-order valence-electron chi connectivity index (χ1n) is 6.36. The summed E-state index contributed by atoms with van der Waals surface area (Å²) in [6, 6.07) is 14.1. The molecule has 0 aliphatic carbocycles. The number of carbonyl (C=O) groups is 1. The van der Waals surface area contributed by atoms with Crippen LogP contribution in [0.5, 0.6) is 0 Å². The van der Waals surface area contributed by atoms with Crippen molar-refractivity contribution in [3.8, 4) is 0 Å². The van der Waals surface area contributed by atoms with E-state index in [1.165, 1.54) is 0 Å². The van der Waals surface area contributed by atoms with Crippen LogP contribution in [0.25, 0.3) is 11.0 Å². The molecule has 1 heterocycles. The number of nitrogens with one attached hydrogen (secondary N) is 2. The van der Waals surface area contributed by atoms with Gasteiger partial charge in [-0.2, -0.15) is 0 Å². The summed E-state index contributed by atoms with van der Waals surface area (Å²) in [4.78, 5) is 11.8. The van der Waals surface area contributed by atoms with Gasteiger partial charge in [0, 0.05) is 16.1 Å². The Labute approximate surface area is 125 Å². The highest BCUT2D eigenvalue weighted by Crippen LogP contribution is 2.18. The summed E-state index contributed by atoms with van der Waals surface area (Å²) in [5, 5.41) is 10.8. The zero-order valence-corrected chi connectivity index (χ0v) is 11.7. The van der Waals surface area contributed by atoms with Crippen LogP contribution in [0.15, 0.2) is 53.1 Å². The van der Waals surface area contributed by atoms with Crippen molar-refractivity contribution in [3.05, 3.63) is 59.2 Å². The monoisotopic (exact) mass is 301 g/mol. The molecule has 21 heavy (non-hydrogen) atoms. The molecule has 1 aromatic heterocycles. The number of urea groups is 1. The lowest BCUT2D eigenvalue weighted by molar-refractivity contribution is 0.251. The first-order chi connectivity index (χ1) is 10.2. The minimum absolute atomic E-state index is 0.281. The third-order valence-electron chi connectivity index (χ3n) is 2.95. The topological polar surface area (TPSA) is 67.2 Å². The highest BCUT2D eigenvalue weighted by Gasteiger charge is 2.09. The van der Waals surface area contributed by atoms with Gasteiger partial charge in [0.25, 0.3) is 0 Å². The highest BCUT2D eigenvalue weighted by atomic mass is 35.5. The van der Waals surface area contributed by atoms with Crippen molar-refractivity contribution in [2.24, 2.45) is 0 Å². The zero-order valence-electron chi connectivity index (χ0n) is 11.0. The molecule has 6 heteroatoms. The molecule has 0 saturated heterocycles. The summed E-state index contributed by atoms with van der Waals surface area (Å²) in [7, 11) is 0. The van der Waals surface area contributed by atoms with Crippen LogP contribution in [0, 0.1) is 0 Å². The molecule has 0 bridgehead atoms. The van der Waals surface area contributed by atoms with Crippen LogP contribution in [-0.2, 0) is 6.54 Å². The molecule has 0 saturated carbocycles. The second-order valence-electron chi connectivity index (χ2n) is 4.44. The molecular weight excluding hydrogens is 290 g/mol. The Bertz CT molecular complexity index is 785. The normalized spacial score (nSPS) is 10.5. The number of anilines is 1. The van der Waals surface area contributed by atoms with E-state index in [0.717, 1.165) is 5.39 Å². The zero-order chi connectivity index (χ0) is 14.7. The molecule has 0 radical (unpaired) electrons. The molecule has 5 nitrogen and oxygen atoms in total. The van der Waals surface area contributed by atoms with E-state index in [4.69, 9.17) is 16.1 Å². The van der Waals surface area contributed by atoms with Crippen molar-refractivity contribution in [2.75, 3.05) is 5.32 Å². The van der Waals surface area contributed by atoms with Crippen molar-refractivity contribution in [3.63, 3.8) is 0 Å². The average Bonchev–Trinajstić information content (AvgIpc) is 2.88. The van der Waals surface area contributed by atoms with E-state index in [0.29, 0.717) is 22.0 Å². The number of para-hydroxylation sites is 1. The summed E-state index contributed by atoms with van der Waals surface area (Å²) < 4.78 is 5.18. The quantitative estimate of drug-likeness (QED) is 0.773. The Kier molecular flexibility index (Phi) is 3.75. The van der Waals surface area contributed by atoms with Crippen molar-refractivity contribution < 1.29 is 9.32 Å². The van der Waals surface area contributed by atoms with E-state index in [1.807, 2.05) is 24.3 Å². The van der Waals surface area contributed by atoms with E-state index in [9.17, 15) is 4.79 Å². The SMILES string of the molecule is O=C(NCc1noc2ccccc12)Nc1cccc(Cl)c1. The van der Waals surface area contributed by atoms with Crippen LogP contribution >= 0.6 is 11.6 Å². The molecule has 0 aliphatic rings. The Morgan fingerprint density at radius 2 is 2.05 bits per heavy atom. The minimum atomic E-state index is -0.329. The summed E-state index contributed by atoms with van der Waals surface area (Å²) in [6.45, 7) is 0.281. The van der Waals surface area contributed by atoms with Crippen molar-refractivity contribution >= 4 is 34.3 Å². The maximum atomic E-state index is 11.8. The number of nitrogens with zero attached hydrogens (tertiary/aromatic N) is 1. The first kappa shape index (κ1) is 13.5. The Balaban J connectivity index is 1.63. The number of hydrogen-bond acceptors (Lipinski definition) is 3. The Morgan fingerprint density at radius 1 is 1.19 bits per heavy atom. The number of aromatic nitrogens is 1. The molecule has 2 N–H and O–H groups in total. The van der Waals surface area contributed by atoms with Gasteiger partial charge in [-0.25, -0.2) is 4.79 Å². The second-order valence-corrected chi connectivity index (χ2v) is 4.88. The predicted molar refractivity (Wildman–Crippen MR) is 81.3 cm³/mol. The maximum absolute atomic E-state index is 11.8. The second kappa shape index (κ2) is 5.85. The molecule has 106 valence electrons. The highest BCUT2D eigenvalue weighted by molar-refractivity contribution is 6.30. The lowest BCUT2D eigenvalue weighted by Gasteiger charge is -2.06. The summed E-state index contributed by atoms with van der Waals surface area (Å²) >= 11 is 5.86. The molecule has 3 rings (SSSR count). The van der Waals surface area contributed by atoms with Gasteiger partial charge in [0.1, 0.15) is 5.69 Å². The van der Waals surface area contributed by atoms with Crippen molar-refractivity contribution in [2.45, 2.75) is 6.54 Å². The average molecular weight is 302 g/mol. The number of carbonyl (C=O) groups excluding carboxylic acids is 1. The number of hydrogen-bond donors (Lipinski definition) is 2. The predicted octanol–water partition coefficient (Wildman–Crippen LogP) is 3.80. The van der Waals surface area contributed by atoms with Gasteiger partial charge in [-0.3, -0.25) is 0 Å². The molecular formula is C15H12ClN3O2. The van der Waals surface area contributed by atoms with Crippen LogP contribution in [0.1, 0.15) is 5.69 Å². The van der Waals surface area contributed by atoms with E-state index < -0.39 is 0 Å². The van der Waals surface area contributed by atoms with Gasteiger partial charge in [-0.05, 0) is 30.3 Å². The van der Waals surface area contributed by atoms with Gasteiger partial charge in [0.2, 0.25) is 0 Å². The number of amides is 2. The summed E-state index contributed by atoms with van der Waals surface area (Å²) in [5.41, 5.74) is 2.02. The van der Waals surface area contributed by atoms with E-state index in [2.05, 4.69) is 15.8 Å². The standard InChI is InChI=1S/C15H12ClN3O2/c16-10-4-3-5-11(8-10)18-15(20)17-9-13-12-6-1-2-7-14(12)21-19-13/h1-8H,9H2,(H2,17,18,20). The van der Waals surface area contributed by atoms with E-state index >= 15 is 0 Å². The lowest BCUT2D eigenvalue weighted by atomic mass is 10.2. The van der Waals surface area contributed by atoms with Crippen LogP contribution in [0.4, 0.5) is 10.5 Å². The van der Waals surface area contributed by atoms with Crippen LogP contribution in [-0.4, -0.2) is 11.2 Å². The van der Waals surface area contributed by atoms with Gasteiger partial charge in [0.05, 0.1) is 6.54 Å². The fraction of sp³-hybridized carbons (Fsp3) is 0.0667. The molecule has 2 amide bonds. The Hall–Kier alpha value is -2.53. The minimum Gasteiger partial charge on any atom is -0.356 e. The van der Waals surface area contributed by atoms with Gasteiger partial charge in [-0.15, -0.1) is 0 Å². The fourth-order valence-corrected chi connectivity index (χ4v) is 2.16. The molecule has 0 spiro atoms. The number of rotatable bonds is 3. The van der Waals surface area contributed by atoms with Crippen LogP contribution < -0.4 is 10.6 Å². The number of fused-ring (bicyclic) bond motifs is 1. The van der Waals surface area contributed by atoms with Crippen molar-refractivity contribution in [1.82, 2.24) is 10.5 Å². The van der Waals surface area contributed by atoms with Crippen molar-refractivity contribution in [1.29, 1.82) is 0 Å². The third-order valence-corrected chi connectivity index (χ3v) is 3.19. The first-order valence-corrected chi connectivity index (χ1v) is 6.74. The number of halogens is 1. The molecule has 0 fully saturated rings. The molecule has 2 aromatic carbocycles. The molecule has 0 aliphatic heterocycles. The largest absolute Gasteiger partial charge is 0.356 e. The third kappa shape index (κ3) is 3.14. The van der Waals surface area contributed by atoms with Gasteiger partial charge < -0.3 is 15.2 Å². The van der Waals surface area contributed by atoms with Gasteiger partial charge >= 0.3 is 6.03 Å². The molecule has 3 aromatic rings. The van der Waals surface area contributed by atoms with Crippen LogP contribution in [0.3, 0.4) is 0 Å². The molecule has 0 unspecified atom stereocenters. The fourth-order valence-electron chi connectivity index (χ4n) is 1.97. The lowest BCUT2D eigenvalue weighted by Crippen LogP contribution is -2.28. The summed E-state index contributed by atoms with van der Waals surface area (Å²) in [6.07, 6.45) is 0. The molecule has 0 atom stereocenters. The van der Waals surface area contributed by atoms with E-state index in [1.54, 1.807) is 24.3 Å². The smallest absolute Gasteiger partial charge is 0.319 e. The number of benzene rings is 2.